The van der Waals surface area contributed by atoms with E-state index >= 15 is 0 Å². The van der Waals surface area contributed by atoms with E-state index in [-0.39, 0.29) is 35.5 Å². The first kappa shape index (κ1) is 15.9. The van der Waals surface area contributed by atoms with Crippen LogP contribution in [0.2, 0.25) is 0 Å². The Bertz CT molecular complexity index is 788. The summed E-state index contributed by atoms with van der Waals surface area (Å²) in [6.45, 7) is 1.94. The maximum Gasteiger partial charge on any atom is 0.356 e. The lowest BCUT2D eigenvalue weighted by Crippen LogP contribution is -2.19. The molecule has 0 saturated carbocycles. The van der Waals surface area contributed by atoms with Crippen LogP contribution in [0.25, 0.3) is 0 Å². The molecule has 1 aliphatic carbocycles. The fourth-order valence-corrected chi connectivity index (χ4v) is 3.26. The molecule has 1 aromatic heterocycles. The molecule has 1 heterocycles. The third-order valence-corrected chi connectivity index (χ3v) is 4.51. The summed E-state index contributed by atoms with van der Waals surface area (Å²) in [5.41, 5.74) is 1.82. The number of aromatic nitrogens is 2. The van der Waals surface area contributed by atoms with Crippen LogP contribution < -0.4 is 0 Å². The zero-order valence-corrected chi connectivity index (χ0v) is 13.9. The minimum absolute atomic E-state index is 0.107. The van der Waals surface area contributed by atoms with Crippen LogP contribution in [-0.2, 0) is 4.74 Å². The van der Waals surface area contributed by atoms with Crippen molar-refractivity contribution in [2.24, 2.45) is 0 Å². The van der Waals surface area contributed by atoms with Crippen LogP contribution in [0.3, 0.4) is 0 Å². The molecule has 1 unspecified atom stereocenters. The number of ether oxygens (including phenoxy) is 1. The number of halogens is 2. The number of fused-ring (bicyclic) bond motifs is 1. The molecule has 3 rings (SSSR count). The molecule has 0 saturated heterocycles. The molecule has 5 nitrogen and oxygen atoms in total. The Kier molecular flexibility index (Phi) is 4.30. The number of nitrogens with one attached hydrogen (secondary N) is 1. The molecule has 23 heavy (non-hydrogen) atoms. The molecule has 0 amide bonds. The van der Waals surface area contributed by atoms with Gasteiger partial charge in [0.15, 0.2) is 5.78 Å². The molecule has 0 fully saturated rings. The monoisotopic (exact) mass is 380 g/mol. The average Bonchev–Trinajstić information content (AvgIpc) is 2.97. The van der Waals surface area contributed by atoms with Gasteiger partial charge in [0.1, 0.15) is 17.2 Å². The predicted molar refractivity (Wildman–Crippen MR) is 84.1 cm³/mol. The van der Waals surface area contributed by atoms with Crippen molar-refractivity contribution in [2.45, 2.75) is 25.7 Å². The molecule has 2 aromatic rings. The Labute approximate surface area is 140 Å². The van der Waals surface area contributed by atoms with E-state index in [4.69, 9.17) is 4.74 Å². The Balaban J connectivity index is 2.10. The zero-order chi connectivity index (χ0) is 16.6. The largest absolute Gasteiger partial charge is 0.461 e. The number of hydrogen-bond donors (Lipinski definition) is 1. The van der Waals surface area contributed by atoms with E-state index in [2.05, 4.69) is 26.1 Å². The highest BCUT2D eigenvalue weighted by Gasteiger charge is 2.34. The number of hydrogen-bond acceptors (Lipinski definition) is 4. The second-order valence-electron chi connectivity index (χ2n) is 5.27. The normalized spacial score (nSPS) is 17.0. The Hall–Kier alpha value is -2.02. The Morgan fingerprint density at radius 1 is 1.52 bits per heavy atom. The number of carbonyl (C=O) groups is 2. The summed E-state index contributed by atoms with van der Waals surface area (Å²) in [4.78, 5) is 24.2. The first-order valence-electron chi connectivity index (χ1n) is 7.26. The Morgan fingerprint density at radius 2 is 2.30 bits per heavy atom. The van der Waals surface area contributed by atoms with Crippen molar-refractivity contribution < 1.29 is 18.7 Å². The van der Waals surface area contributed by atoms with E-state index in [0.717, 1.165) is 5.56 Å². The minimum Gasteiger partial charge on any atom is -0.461 e. The highest BCUT2D eigenvalue weighted by molar-refractivity contribution is 9.10. The molecular formula is C16H14BrFN2O3. The molecule has 0 spiro atoms. The first-order chi connectivity index (χ1) is 11.0. The van der Waals surface area contributed by atoms with Gasteiger partial charge in [-0.15, -0.1) is 0 Å². The number of esters is 1. The van der Waals surface area contributed by atoms with Crippen LogP contribution in [0.4, 0.5) is 4.39 Å². The number of nitrogens with zero attached hydrogens (tertiary/aromatic N) is 1. The van der Waals surface area contributed by atoms with E-state index in [9.17, 15) is 14.0 Å². The van der Waals surface area contributed by atoms with Crippen molar-refractivity contribution in [3.05, 3.63) is 51.0 Å². The van der Waals surface area contributed by atoms with Crippen molar-refractivity contribution in [1.82, 2.24) is 10.2 Å². The van der Waals surface area contributed by atoms with Crippen LogP contribution in [0.5, 0.6) is 0 Å². The summed E-state index contributed by atoms with van der Waals surface area (Å²) >= 11 is 3.17. The summed E-state index contributed by atoms with van der Waals surface area (Å²) in [5.74, 6) is -1.22. The second kappa shape index (κ2) is 6.23. The second-order valence-corrected chi connectivity index (χ2v) is 6.12. The Morgan fingerprint density at radius 3 is 3.00 bits per heavy atom. The van der Waals surface area contributed by atoms with Gasteiger partial charge in [-0.1, -0.05) is 6.07 Å². The number of ketones is 1. The molecule has 1 aliphatic rings. The fourth-order valence-electron chi connectivity index (χ4n) is 2.86. The summed E-state index contributed by atoms with van der Waals surface area (Å²) in [6, 6.07) is 4.69. The molecule has 1 aromatic carbocycles. The minimum atomic E-state index is -0.540. The summed E-state index contributed by atoms with van der Waals surface area (Å²) in [5, 5.41) is 6.62. The van der Waals surface area contributed by atoms with Crippen LogP contribution in [0.1, 0.15) is 57.8 Å². The molecule has 120 valence electrons. The van der Waals surface area contributed by atoms with Gasteiger partial charge in [0.2, 0.25) is 0 Å². The molecule has 7 heteroatoms. The van der Waals surface area contributed by atoms with Gasteiger partial charge >= 0.3 is 5.97 Å². The van der Waals surface area contributed by atoms with E-state index in [0.29, 0.717) is 22.9 Å². The lowest BCUT2D eigenvalue weighted by atomic mass is 9.80. The van der Waals surface area contributed by atoms with E-state index < -0.39 is 5.97 Å². The number of carbonyl (C=O) groups excluding carboxylic acids is 2. The number of rotatable bonds is 3. The molecule has 0 aliphatic heterocycles. The lowest BCUT2D eigenvalue weighted by molar-refractivity contribution is 0.0517. The van der Waals surface area contributed by atoms with Gasteiger partial charge in [-0.05, 0) is 47.0 Å². The van der Waals surface area contributed by atoms with Crippen LogP contribution in [0.15, 0.2) is 22.7 Å². The summed E-state index contributed by atoms with van der Waals surface area (Å²) in [6.07, 6.45) is 0.871. The highest BCUT2D eigenvalue weighted by Crippen LogP contribution is 2.39. The molecule has 0 bridgehead atoms. The molecule has 0 radical (unpaired) electrons. The number of Topliss-reactive ketones (excluding diaryl/α,β-unsaturated/α-hetero) is 1. The van der Waals surface area contributed by atoms with Gasteiger partial charge in [0.05, 0.1) is 11.1 Å². The third kappa shape index (κ3) is 2.81. The molecule has 1 atom stereocenters. The smallest absolute Gasteiger partial charge is 0.356 e. The highest BCUT2D eigenvalue weighted by atomic mass is 79.9. The van der Waals surface area contributed by atoms with Crippen LogP contribution >= 0.6 is 15.9 Å². The zero-order valence-electron chi connectivity index (χ0n) is 12.4. The van der Waals surface area contributed by atoms with Gasteiger partial charge in [-0.3, -0.25) is 9.89 Å². The third-order valence-electron chi connectivity index (χ3n) is 3.90. The van der Waals surface area contributed by atoms with E-state index in [1.165, 1.54) is 6.07 Å². The van der Waals surface area contributed by atoms with Gasteiger partial charge in [0.25, 0.3) is 0 Å². The predicted octanol–water partition coefficient (Wildman–Crippen LogP) is 3.60. The molecule has 1 N–H and O–H groups in total. The van der Waals surface area contributed by atoms with Gasteiger partial charge in [-0.2, -0.15) is 5.10 Å². The quantitative estimate of drug-likeness (QED) is 0.825. The topological polar surface area (TPSA) is 72.1 Å². The maximum atomic E-state index is 13.5. The van der Waals surface area contributed by atoms with Crippen LogP contribution in [-0.4, -0.2) is 28.6 Å². The van der Waals surface area contributed by atoms with Crippen molar-refractivity contribution in [2.75, 3.05) is 6.61 Å². The number of aromatic amines is 1. The maximum absolute atomic E-state index is 13.5. The van der Waals surface area contributed by atoms with Crippen molar-refractivity contribution in [1.29, 1.82) is 0 Å². The number of benzene rings is 1. The SMILES string of the molecule is CCOC(=O)c1[nH]nc2c1C(c1ccc(F)c(Br)c1)CCC2=O. The first-order valence-corrected chi connectivity index (χ1v) is 8.05. The van der Waals surface area contributed by atoms with E-state index in [1.807, 2.05) is 0 Å². The van der Waals surface area contributed by atoms with Gasteiger partial charge in [-0.25, -0.2) is 9.18 Å². The molecular weight excluding hydrogens is 367 g/mol. The summed E-state index contributed by atoms with van der Waals surface area (Å²) in [7, 11) is 0. The van der Waals surface area contributed by atoms with Gasteiger partial charge < -0.3 is 4.74 Å². The average molecular weight is 381 g/mol. The lowest BCUT2D eigenvalue weighted by Gasteiger charge is -2.22. The van der Waals surface area contributed by atoms with E-state index in [1.54, 1.807) is 19.1 Å². The number of H-pyrrole nitrogens is 1. The fraction of sp³-hybridized carbons (Fsp3) is 0.312. The summed E-state index contributed by atoms with van der Waals surface area (Å²) < 4.78 is 18.8. The van der Waals surface area contributed by atoms with Crippen molar-refractivity contribution in [3.63, 3.8) is 0 Å². The van der Waals surface area contributed by atoms with Crippen molar-refractivity contribution in [3.8, 4) is 0 Å². The van der Waals surface area contributed by atoms with Gasteiger partial charge in [0, 0.05) is 17.9 Å². The standard InChI is InChI=1S/C16H14BrFN2O3/c1-2-23-16(22)15-13-9(4-6-12(21)14(13)19-20-15)8-3-5-11(18)10(17)7-8/h3,5,7,9H,2,4,6H2,1H3,(H,19,20). The van der Waals surface area contributed by atoms with Crippen LogP contribution in [0, 0.1) is 5.82 Å². The van der Waals surface area contributed by atoms with Crippen molar-refractivity contribution >= 4 is 27.7 Å².